The Morgan fingerprint density at radius 2 is 1.84 bits per heavy atom. The number of benzene rings is 1. The average molecular weight is 259 g/mol. The molecule has 0 bridgehead atoms. The standard InChI is InChI=1S/C14H21N5/c1-3-5-12-17-13(15)18-14(16)19(12)11-8-6-10(4-2)7-9-11/h6-9,12H,3-5H2,1-2H3,(H4,15,16,17,18). The average Bonchev–Trinajstić information content (AvgIpc) is 2.39. The van der Waals surface area contributed by atoms with E-state index in [0.29, 0.717) is 5.96 Å². The Kier molecular flexibility index (Phi) is 4.04. The van der Waals surface area contributed by atoms with E-state index in [9.17, 15) is 0 Å². The molecule has 5 heteroatoms. The lowest BCUT2D eigenvalue weighted by Gasteiger charge is -2.32. The fourth-order valence-corrected chi connectivity index (χ4v) is 2.21. The largest absolute Gasteiger partial charge is 0.369 e. The van der Waals surface area contributed by atoms with Gasteiger partial charge >= 0.3 is 0 Å². The number of anilines is 1. The molecule has 0 saturated heterocycles. The van der Waals surface area contributed by atoms with Crippen molar-refractivity contribution in [1.29, 1.82) is 0 Å². The number of nitrogens with two attached hydrogens (primary N) is 2. The normalized spacial score (nSPS) is 19.1. The summed E-state index contributed by atoms with van der Waals surface area (Å²) < 4.78 is 0. The van der Waals surface area contributed by atoms with E-state index in [1.165, 1.54) is 5.56 Å². The van der Waals surface area contributed by atoms with Gasteiger partial charge in [-0.05, 0) is 30.5 Å². The predicted molar refractivity (Wildman–Crippen MR) is 80.2 cm³/mol. The summed E-state index contributed by atoms with van der Waals surface area (Å²) in [6.45, 7) is 4.25. The first kappa shape index (κ1) is 13.4. The molecule has 0 radical (unpaired) electrons. The van der Waals surface area contributed by atoms with Crippen molar-refractivity contribution in [3.8, 4) is 0 Å². The van der Waals surface area contributed by atoms with Crippen molar-refractivity contribution >= 4 is 17.6 Å². The summed E-state index contributed by atoms with van der Waals surface area (Å²) >= 11 is 0. The first-order chi connectivity index (χ1) is 9.15. The summed E-state index contributed by atoms with van der Waals surface area (Å²) in [6.07, 6.45) is 2.87. The van der Waals surface area contributed by atoms with E-state index in [2.05, 4.69) is 48.1 Å². The molecule has 102 valence electrons. The van der Waals surface area contributed by atoms with Gasteiger partial charge in [0.2, 0.25) is 11.9 Å². The smallest absolute Gasteiger partial charge is 0.220 e. The second-order valence-corrected chi connectivity index (χ2v) is 4.62. The minimum atomic E-state index is -0.0602. The number of aliphatic imine (C=N–C) groups is 2. The lowest BCUT2D eigenvalue weighted by molar-refractivity contribution is 0.613. The molecule has 5 nitrogen and oxygen atoms in total. The summed E-state index contributed by atoms with van der Waals surface area (Å²) in [5.41, 5.74) is 14.0. The lowest BCUT2D eigenvalue weighted by atomic mass is 10.1. The predicted octanol–water partition coefficient (Wildman–Crippen LogP) is 1.82. The molecule has 1 aromatic carbocycles. The minimum absolute atomic E-state index is 0.0602. The van der Waals surface area contributed by atoms with Crippen molar-refractivity contribution in [1.82, 2.24) is 0 Å². The highest BCUT2D eigenvalue weighted by Crippen LogP contribution is 2.23. The van der Waals surface area contributed by atoms with Crippen LogP contribution in [0.1, 0.15) is 32.3 Å². The molecule has 0 spiro atoms. The number of rotatable bonds is 4. The van der Waals surface area contributed by atoms with Crippen molar-refractivity contribution in [3.63, 3.8) is 0 Å². The van der Waals surface area contributed by atoms with Crippen molar-refractivity contribution in [2.24, 2.45) is 21.5 Å². The number of nitrogens with zero attached hydrogens (tertiary/aromatic N) is 3. The van der Waals surface area contributed by atoms with Gasteiger partial charge in [-0.25, -0.2) is 4.99 Å². The minimum Gasteiger partial charge on any atom is -0.369 e. The van der Waals surface area contributed by atoms with E-state index in [-0.39, 0.29) is 12.1 Å². The van der Waals surface area contributed by atoms with Crippen LogP contribution in [0.2, 0.25) is 0 Å². The van der Waals surface area contributed by atoms with Gasteiger partial charge in [-0.2, -0.15) is 4.99 Å². The van der Waals surface area contributed by atoms with Crippen LogP contribution < -0.4 is 16.4 Å². The van der Waals surface area contributed by atoms with Crippen LogP contribution >= 0.6 is 0 Å². The Labute approximate surface area is 114 Å². The molecule has 1 aliphatic rings. The number of guanidine groups is 2. The van der Waals surface area contributed by atoms with Gasteiger partial charge in [-0.15, -0.1) is 0 Å². The maximum atomic E-state index is 6.01. The van der Waals surface area contributed by atoms with Gasteiger partial charge in [0.15, 0.2) is 0 Å². The monoisotopic (exact) mass is 259 g/mol. The molecule has 2 rings (SSSR count). The SMILES string of the molecule is CCCC1N=C(N)N=C(N)N1c1ccc(CC)cc1. The highest BCUT2D eigenvalue weighted by Gasteiger charge is 2.24. The molecular formula is C14H21N5. The highest BCUT2D eigenvalue weighted by atomic mass is 15.4. The van der Waals surface area contributed by atoms with Crippen LogP contribution in [0.5, 0.6) is 0 Å². The van der Waals surface area contributed by atoms with E-state index in [1.807, 2.05) is 4.90 Å². The Bertz CT molecular complexity index is 489. The Balaban J connectivity index is 2.31. The summed E-state index contributed by atoms with van der Waals surface area (Å²) in [5.74, 6) is 0.674. The van der Waals surface area contributed by atoms with Crippen molar-refractivity contribution < 1.29 is 0 Å². The van der Waals surface area contributed by atoms with Crippen molar-refractivity contribution in [2.45, 2.75) is 39.3 Å². The number of hydrogen-bond donors (Lipinski definition) is 2. The van der Waals surface area contributed by atoms with Crippen LogP contribution in [-0.2, 0) is 6.42 Å². The van der Waals surface area contributed by atoms with E-state index in [0.717, 1.165) is 24.9 Å². The third kappa shape index (κ3) is 2.86. The first-order valence-electron chi connectivity index (χ1n) is 6.71. The zero-order chi connectivity index (χ0) is 13.8. The molecule has 1 unspecified atom stereocenters. The van der Waals surface area contributed by atoms with E-state index >= 15 is 0 Å². The maximum Gasteiger partial charge on any atom is 0.220 e. The molecule has 0 amide bonds. The van der Waals surface area contributed by atoms with Gasteiger partial charge in [0, 0.05) is 5.69 Å². The van der Waals surface area contributed by atoms with E-state index in [4.69, 9.17) is 11.5 Å². The van der Waals surface area contributed by atoms with Gasteiger partial charge in [0.25, 0.3) is 0 Å². The van der Waals surface area contributed by atoms with Crippen LogP contribution in [0.3, 0.4) is 0 Å². The van der Waals surface area contributed by atoms with Gasteiger partial charge in [0.05, 0.1) is 0 Å². The second-order valence-electron chi connectivity index (χ2n) is 4.62. The molecule has 1 heterocycles. The van der Waals surface area contributed by atoms with Crippen LogP contribution in [-0.4, -0.2) is 18.1 Å². The first-order valence-corrected chi connectivity index (χ1v) is 6.71. The third-order valence-electron chi connectivity index (χ3n) is 3.22. The lowest BCUT2D eigenvalue weighted by Crippen LogP contribution is -2.48. The molecule has 4 N–H and O–H groups in total. The molecular weight excluding hydrogens is 238 g/mol. The number of aryl methyl sites for hydroxylation is 1. The number of hydrogen-bond acceptors (Lipinski definition) is 5. The quantitative estimate of drug-likeness (QED) is 0.865. The Morgan fingerprint density at radius 1 is 1.16 bits per heavy atom. The summed E-state index contributed by atoms with van der Waals surface area (Å²) in [7, 11) is 0. The molecule has 0 aliphatic carbocycles. The van der Waals surface area contributed by atoms with Crippen LogP contribution in [0.25, 0.3) is 0 Å². The van der Waals surface area contributed by atoms with Crippen molar-refractivity contribution in [2.75, 3.05) is 4.90 Å². The van der Waals surface area contributed by atoms with Gasteiger partial charge in [0.1, 0.15) is 6.17 Å². The fourth-order valence-electron chi connectivity index (χ4n) is 2.21. The molecule has 19 heavy (non-hydrogen) atoms. The van der Waals surface area contributed by atoms with Crippen LogP contribution in [0.4, 0.5) is 5.69 Å². The van der Waals surface area contributed by atoms with Gasteiger partial charge < -0.3 is 11.5 Å². The van der Waals surface area contributed by atoms with Crippen LogP contribution in [0.15, 0.2) is 34.3 Å². The molecule has 0 saturated carbocycles. The highest BCUT2D eigenvalue weighted by molar-refractivity contribution is 6.04. The summed E-state index contributed by atoms with van der Waals surface area (Å²) in [4.78, 5) is 10.4. The third-order valence-corrected chi connectivity index (χ3v) is 3.22. The maximum absolute atomic E-state index is 6.01. The zero-order valence-corrected chi connectivity index (χ0v) is 11.5. The molecule has 0 fully saturated rings. The van der Waals surface area contributed by atoms with Gasteiger partial charge in [-0.3, -0.25) is 4.90 Å². The van der Waals surface area contributed by atoms with Gasteiger partial charge in [-0.1, -0.05) is 32.4 Å². The Morgan fingerprint density at radius 3 is 2.42 bits per heavy atom. The molecule has 1 aromatic rings. The fraction of sp³-hybridized carbons (Fsp3) is 0.429. The zero-order valence-electron chi connectivity index (χ0n) is 11.5. The van der Waals surface area contributed by atoms with Crippen LogP contribution in [0, 0.1) is 0 Å². The molecule has 0 aromatic heterocycles. The topological polar surface area (TPSA) is 80.0 Å². The van der Waals surface area contributed by atoms with E-state index in [1.54, 1.807) is 0 Å². The molecule has 1 aliphatic heterocycles. The second kappa shape index (κ2) is 5.73. The van der Waals surface area contributed by atoms with Crippen molar-refractivity contribution in [3.05, 3.63) is 29.8 Å². The molecule has 1 atom stereocenters. The van der Waals surface area contributed by atoms with E-state index < -0.39 is 0 Å². The Hall–Kier alpha value is -2.04. The summed E-state index contributed by atoms with van der Waals surface area (Å²) in [5, 5.41) is 0. The summed E-state index contributed by atoms with van der Waals surface area (Å²) in [6, 6.07) is 8.32.